The molecule has 0 fully saturated rings. The molecule has 0 aliphatic heterocycles. The van der Waals surface area contributed by atoms with Crippen LogP contribution in [0.3, 0.4) is 0 Å². The maximum absolute atomic E-state index is 10.3. The smallest absolute Gasteiger partial charge is 0.325 e. The number of aliphatic carboxylic acids is 1. The molecule has 0 aliphatic rings. The first kappa shape index (κ1) is 12.9. The molecule has 0 aliphatic carbocycles. The van der Waals surface area contributed by atoms with Crippen molar-refractivity contribution in [1.82, 2.24) is 19.9 Å². The van der Waals surface area contributed by atoms with Crippen molar-refractivity contribution in [2.75, 3.05) is 14.1 Å². The van der Waals surface area contributed by atoms with Gasteiger partial charge < -0.3 is 10.0 Å². The van der Waals surface area contributed by atoms with Crippen molar-refractivity contribution in [3.63, 3.8) is 0 Å². The van der Waals surface area contributed by atoms with E-state index in [-0.39, 0.29) is 19.0 Å². The quantitative estimate of drug-likeness (QED) is 0.764. The molecule has 0 atom stereocenters. The number of halogens is 1. The van der Waals surface area contributed by atoms with E-state index in [1.54, 1.807) is 6.20 Å². The zero-order chi connectivity index (χ0) is 9.84. The molecule has 0 radical (unpaired) electrons. The maximum Gasteiger partial charge on any atom is 0.325 e. The molecule has 80 valence electrons. The number of nitrogens with zero attached hydrogens (tertiary/aromatic N) is 4. The Labute approximate surface area is 87.9 Å². The Morgan fingerprint density at radius 3 is 2.79 bits per heavy atom. The lowest BCUT2D eigenvalue weighted by Crippen LogP contribution is -2.11. The molecule has 1 heterocycles. The highest BCUT2D eigenvalue weighted by atomic mass is 35.5. The molecule has 1 aromatic rings. The van der Waals surface area contributed by atoms with Gasteiger partial charge >= 0.3 is 5.97 Å². The third kappa shape index (κ3) is 4.20. The van der Waals surface area contributed by atoms with Gasteiger partial charge in [-0.15, -0.1) is 17.5 Å². The van der Waals surface area contributed by atoms with E-state index in [0.717, 1.165) is 5.69 Å². The van der Waals surface area contributed by atoms with E-state index in [1.165, 1.54) is 4.68 Å². The van der Waals surface area contributed by atoms with Crippen LogP contribution < -0.4 is 0 Å². The van der Waals surface area contributed by atoms with Crippen LogP contribution in [0.4, 0.5) is 0 Å². The first-order valence-electron chi connectivity index (χ1n) is 3.83. The van der Waals surface area contributed by atoms with E-state index < -0.39 is 5.97 Å². The van der Waals surface area contributed by atoms with E-state index in [1.807, 2.05) is 19.0 Å². The second-order valence-corrected chi connectivity index (χ2v) is 3.04. The number of rotatable bonds is 4. The van der Waals surface area contributed by atoms with E-state index in [4.69, 9.17) is 5.11 Å². The lowest BCUT2D eigenvalue weighted by atomic mass is 10.4. The SMILES string of the molecule is CN(C)Cc1cn(CC(=O)O)nn1.Cl. The molecule has 0 bridgehead atoms. The summed E-state index contributed by atoms with van der Waals surface area (Å²) in [5.41, 5.74) is 0.770. The third-order valence-corrected chi connectivity index (χ3v) is 1.36. The van der Waals surface area contributed by atoms with Gasteiger partial charge in [-0.25, -0.2) is 4.68 Å². The van der Waals surface area contributed by atoms with Gasteiger partial charge in [0.2, 0.25) is 0 Å². The van der Waals surface area contributed by atoms with Gasteiger partial charge in [0.05, 0.1) is 11.9 Å². The first-order chi connectivity index (χ1) is 6.08. The maximum atomic E-state index is 10.3. The van der Waals surface area contributed by atoms with Crippen LogP contribution >= 0.6 is 12.4 Å². The van der Waals surface area contributed by atoms with E-state index in [9.17, 15) is 4.79 Å². The molecule has 1 N–H and O–H groups in total. The summed E-state index contributed by atoms with van der Waals surface area (Å²) in [6.07, 6.45) is 1.63. The predicted octanol–water partition coefficient (Wildman–Crippen LogP) is -0.154. The third-order valence-electron chi connectivity index (χ3n) is 1.36. The van der Waals surface area contributed by atoms with Crippen LogP contribution in [0.25, 0.3) is 0 Å². The molecule has 6 nitrogen and oxygen atoms in total. The van der Waals surface area contributed by atoms with Crippen molar-refractivity contribution in [1.29, 1.82) is 0 Å². The molecule has 1 rings (SSSR count). The highest BCUT2D eigenvalue weighted by Gasteiger charge is 2.04. The topological polar surface area (TPSA) is 71.2 Å². The largest absolute Gasteiger partial charge is 0.480 e. The highest BCUT2D eigenvalue weighted by Crippen LogP contribution is 1.95. The molecule has 14 heavy (non-hydrogen) atoms. The second-order valence-electron chi connectivity index (χ2n) is 3.04. The Morgan fingerprint density at radius 2 is 2.29 bits per heavy atom. The number of carboxylic acids is 1. The summed E-state index contributed by atoms with van der Waals surface area (Å²) < 4.78 is 1.31. The summed E-state index contributed by atoms with van der Waals surface area (Å²) in [5.74, 6) is -0.915. The number of carboxylic acid groups (broad SMARTS) is 1. The van der Waals surface area contributed by atoms with E-state index in [0.29, 0.717) is 6.54 Å². The molecule has 0 saturated carbocycles. The molecule has 0 amide bonds. The van der Waals surface area contributed by atoms with Gasteiger partial charge in [0.25, 0.3) is 0 Å². The molecule has 0 unspecified atom stereocenters. The van der Waals surface area contributed by atoms with Crippen LogP contribution in [0.15, 0.2) is 6.20 Å². The average molecular weight is 221 g/mol. The van der Waals surface area contributed by atoms with Crippen molar-refractivity contribution in [2.45, 2.75) is 13.1 Å². The first-order valence-corrected chi connectivity index (χ1v) is 3.83. The van der Waals surface area contributed by atoms with Crippen LogP contribution in [0.1, 0.15) is 5.69 Å². The number of hydrogen-bond donors (Lipinski definition) is 1. The molecular weight excluding hydrogens is 208 g/mol. The van der Waals surface area contributed by atoms with Crippen LogP contribution in [-0.2, 0) is 17.9 Å². The summed E-state index contributed by atoms with van der Waals surface area (Å²) >= 11 is 0. The summed E-state index contributed by atoms with van der Waals surface area (Å²) in [4.78, 5) is 12.2. The van der Waals surface area contributed by atoms with Crippen molar-refractivity contribution in [3.05, 3.63) is 11.9 Å². The summed E-state index contributed by atoms with van der Waals surface area (Å²) in [7, 11) is 3.83. The minimum absolute atomic E-state index is 0. The van der Waals surface area contributed by atoms with Crippen LogP contribution in [0.5, 0.6) is 0 Å². The molecule has 7 heteroatoms. The minimum atomic E-state index is -0.915. The van der Waals surface area contributed by atoms with Crippen LogP contribution in [0, 0.1) is 0 Å². The zero-order valence-electron chi connectivity index (χ0n) is 8.04. The Morgan fingerprint density at radius 1 is 1.64 bits per heavy atom. The number of aromatic nitrogens is 3. The molecular formula is C7H13ClN4O2. The molecule has 0 saturated heterocycles. The standard InChI is InChI=1S/C7H12N4O2.ClH/c1-10(2)3-6-4-11(9-8-6)5-7(12)13;/h4H,3,5H2,1-2H3,(H,12,13);1H. The van der Waals surface area contributed by atoms with Gasteiger partial charge in [-0.3, -0.25) is 4.79 Å². The lowest BCUT2D eigenvalue weighted by Gasteiger charge is -2.04. The number of carbonyl (C=O) groups is 1. The van der Waals surface area contributed by atoms with Gasteiger partial charge in [-0.2, -0.15) is 0 Å². The lowest BCUT2D eigenvalue weighted by molar-refractivity contribution is -0.137. The molecule has 1 aromatic heterocycles. The highest BCUT2D eigenvalue weighted by molar-refractivity contribution is 5.85. The van der Waals surface area contributed by atoms with E-state index >= 15 is 0 Å². The Bertz CT molecular complexity index is 300. The fraction of sp³-hybridized carbons (Fsp3) is 0.571. The average Bonchev–Trinajstić information content (AvgIpc) is 2.33. The van der Waals surface area contributed by atoms with Crippen LogP contribution in [-0.4, -0.2) is 45.1 Å². The van der Waals surface area contributed by atoms with Crippen molar-refractivity contribution in [3.8, 4) is 0 Å². The minimum Gasteiger partial charge on any atom is -0.480 e. The fourth-order valence-electron chi connectivity index (χ4n) is 0.951. The van der Waals surface area contributed by atoms with E-state index in [2.05, 4.69) is 10.3 Å². The molecule has 0 aromatic carbocycles. The van der Waals surface area contributed by atoms with Gasteiger partial charge in [0.1, 0.15) is 6.54 Å². The van der Waals surface area contributed by atoms with Gasteiger partial charge in [0.15, 0.2) is 0 Å². The molecule has 0 spiro atoms. The Kier molecular flexibility index (Phi) is 5.11. The Hall–Kier alpha value is -1.14. The van der Waals surface area contributed by atoms with Gasteiger partial charge in [-0.1, -0.05) is 5.21 Å². The van der Waals surface area contributed by atoms with Crippen LogP contribution in [0.2, 0.25) is 0 Å². The zero-order valence-corrected chi connectivity index (χ0v) is 8.86. The monoisotopic (exact) mass is 220 g/mol. The number of hydrogen-bond acceptors (Lipinski definition) is 4. The Balaban J connectivity index is 0.00000169. The van der Waals surface area contributed by atoms with Crippen molar-refractivity contribution >= 4 is 18.4 Å². The van der Waals surface area contributed by atoms with Gasteiger partial charge in [-0.05, 0) is 14.1 Å². The van der Waals surface area contributed by atoms with Gasteiger partial charge in [0, 0.05) is 6.54 Å². The van der Waals surface area contributed by atoms with Crippen molar-refractivity contribution < 1.29 is 9.90 Å². The second kappa shape index (κ2) is 5.56. The fourth-order valence-corrected chi connectivity index (χ4v) is 0.951. The van der Waals surface area contributed by atoms with Crippen molar-refractivity contribution in [2.24, 2.45) is 0 Å². The summed E-state index contributed by atoms with van der Waals surface area (Å²) in [6, 6.07) is 0. The summed E-state index contributed by atoms with van der Waals surface area (Å²) in [6.45, 7) is 0.528. The summed E-state index contributed by atoms with van der Waals surface area (Å²) in [5, 5.41) is 15.9. The normalized spacial score (nSPS) is 9.93. The predicted molar refractivity (Wildman–Crippen MR) is 52.3 cm³/mol.